The molecule has 0 N–H and O–H groups in total. The van der Waals surface area contributed by atoms with E-state index in [9.17, 15) is 9.59 Å². The van der Waals surface area contributed by atoms with Gasteiger partial charge in [-0.15, -0.1) is 0 Å². The number of amides is 1. The minimum absolute atomic E-state index is 0.0411. The number of benzene rings is 1. The van der Waals surface area contributed by atoms with Gasteiger partial charge < -0.3 is 28.7 Å². The van der Waals surface area contributed by atoms with Gasteiger partial charge in [-0.2, -0.15) is 9.61 Å². The lowest BCUT2D eigenvalue weighted by molar-refractivity contribution is 0.00554. The van der Waals surface area contributed by atoms with Gasteiger partial charge >= 0.3 is 12.1 Å². The molecule has 5 heterocycles. The smallest absolute Gasteiger partial charge is 0.410 e. The fourth-order valence-corrected chi connectivity index (χ4v) is 9.21. The van der Waals surface area contributed by atoms with E-state index in [0.29, 0.717) is 48.8 Å². The molecule has 0 unspecified atom stereocenters. The lowest BCUT2D eigenvalue weighted by Crippen LogP contribution is -2.48. The van der Waals surface area contributed by atoms with Crippen molar-refractivity contribution < 1.29 is 28.5 Å². The number of anilines is 1. The molecule has 2 aliphatic heterocycles. The Kier molecular flexibility index (Phi) is 13.0. The number of esters is 1. The molecule has 308 valence electrons. The highest BCUT2D eigenvalue weighted by Gasteiger charge is 2.47. The molecule has 3 aromatic heterocycles. The molecule has 0 spiro atoms. The fraction of sp³-hybridized carbons (Fsp3) is 0.558. The van der Waals surface area contributed by atoms with Crippen molar-refractivity contribution in [1.29, 1.82) is 0 Å². The summed E-state index contributed by atoms with van der Waals surface area (Å²) in [5.41, 5.74) is 4.50. The van der Waals surface area contributed by atoms with Gasteiger partial charge in [0.1, 0.15) is 24.6 Å². The quantitative estimate of drug-likeness (QED) is 0.0497. The Bertz CT molecular complexity index is 1970. The molecule has 0 radical (unpaired) electrons. The lowest BCUT2D eigenvalue weighted by atomic mass is 9.86. The Hall–Kier alpha value is -4.12. The predicted octanol–water partition coefficient (Wildman–Crippen LogP) is 9.32. The van der Waals surface area contributed by atoms with Crippen molar-refractivity contribution in [3.63, 3.8) is 0 Å². The third-order valence-electron chi connectivity index (χ3n) is 10.7. The van der Waals surface area contributed by atoms with Crippen LogP contribution in [0.5, 0.6) is 0 Å². The van der Waals surface area contributed by atoms with Gasteiger partial charge in [0.15, 0.2) is 11.5 Å². The molecule has 12 nitrogen and oxygen atoms in total. The molecule has 0 saturated carbocycles. The SMILES string of the molecule is COC(=O)c1c([C@H]2C[C@H]3CC[C@@H](C2)N3C(=O)OC(C)(C)C)nc2c(-c3ccc(-c4ccccc4)nc3)cnn2c1N(COCC[Si](C)(C)C)COCC[Si](C)(C)C. The summed E-state index contributed by atoms with van der Waals surface area (Å²) in [5, 5.41) is 4.92. The number of piperidine rings is 1. The fourth-order valence-electron chi connectivity index (χ4n) is 7.70. The van der Waals surface area contributed by atoms with Crippen LogP contribution in [0.2, 0.25) is 51.4 Å². The molecular weight excluding hydrogens is 753 g/mol. The summed E-state index contributed by atoms with van der Waals surface area (Å²) in [5.74, 6) is -0.121. The van der Waals surface area contributed by atoms with Crippen LogP contribution >= 0.6 is 0 Å². The zero-order chi connectivity index (χ0) is 41.1. The summed E-state index contributed by atoms with van der Waals surface area (Å²) in [6.45, 7) is 21.2. The average molecular weight is 815 g/mol. The number of methoxy groups -OCH3 is 1. The van der Waals surface area contributed by atoms with Gasteiger partial charge in [0, 0.05) is 70.3 Å². The molecule has 4 aromatic rings. The number of rotatable bonds is 15. The maximum Gasteiger partial charge on any atom is 0.410 e. The molecule has 14 heteroatoms. The van der Waals surface area contributed by atoms with Crippen LogP contribution in [0.15, 0.2) is 54.9 Å². The van der Waals surface area contributed by atoms with Gasteiger partial charge in [-0.1, -0.05) is 75.7 Å². The van der Waals surface area contributed by atoms with Gasteiger partial charge in [0.05, 0.1) is 24.7 Å². The first-order chi connectivity index (χ1) is 26.9. The molecule has 1 amide bonds. The second kappa shape index (κ2) is 17.4. The zero-order valence-electron chi connectivity index (χ0n) is 35.6. The van der Waals surface area contributed by atoms with Crippen LogP contribution in [0.25, 0.3) is 28.0 Å². The second-order valence-electron chi connectivity index (χ2n) is 19.0. The Morgan fingerprint density at radius 2 is 1.46 bits per heavy atom. The van der Waals surface area contributed by atoms with E-state index in [-0.39, 0.29) is 37.6 Å². The molecule has 6 rings (SSSR count). The third-order valence-corrected chi connectivity index (χ3v) is 14.1. The first kappa shape index (κ1) is 42.5. The zero-order valence-corrected chi connectivity index (χ0v) is 37.6. The monoisotopic (exact) mass is 814 g/mol. The van der Waals surface area contributed by atoms with Gasteiger partial charge in [-0.25, -0.2) is 14.6 Å². The van der Waals surface area contributed by atoms with E-state index in [1.165, 1.54) is 7.11 Å². The van der Waals surface area contributed by atoms with Crippen LogP contribution in [0.1, 0.15) is 68.4 Å². The number of hydrogen-bond donors (Lipinski definition) is 0. The molecule has 57 heavy (non-hydrogen) atoms. The summed E-state index contributed by atoms with van der Waals surface area (Å²) >= 11 is 0. The average Bonchev–Trinajstić information content (AvgIpc) is 3.69. The summed E-state index contributed by atoms with van der Waals surface area (Å²) in [6, 6.07) is 16.0. The largest absolute Gasteiger partial charge is 0.465 e. The maximum atomic E-state index is 14.2. The Morgan fingerprint density at radius 3 is 1.98 bits per heavy atom. The normalized spacial score (nSPS) is 18.6. The molecule has 2 bridgehead atoms. The van der Waals surface area contributed by atoms with Crippen molar-refractivity contribution in [2.24, 2.45) is 0 Å². The number of hydrogen-bond acceptors (Lipinski definition) is 10. The number of ether oxygens (including phenoxy) is 4. The third kappa shape index (κ3) is 10.5. The van der Waals surface area contributed by atoms with Crippen molar-refractivity contribution in [1.82, 2.24) is 24.5 Å². The molecule has 1 aromatic carbocycles. The van der Waals surface area contributed by atoms with Crippen molar-refractivity contribution in [3.8, 4) is 22.4 Å². The van der Waals surface area contributed by atoms with E-state index >= 15 is 0 Å². The molecule has 2 fully saturated rings. The van der Waals surface area contributed by atoms with Gasteiger partial charge in [0.25, 0.3) is 0 Å². The molecule has 3 atom stereocenters. The number of nitrogens with zero attached hydrogens (tertiary/aromatic N) is 6. The summed E-state index contributed by atoms with van der Waals surface area (Å²) < 4.78 is 26.0. The Morgan fingerprint density at radius 1 is 0.842 bits per heavy atom. The van der Waals surface area contributed by atoms with Crippen LogP contribution in [-0.4, -0.2) is 104 Å². The van der Waals surface area contributed by atoms with Crippen molar-refractivity contribution in [3.05, 3.63) is 66.1 Å². The van der Waals surface area contributed by atoms with E-state index in [1.807, 2.05) is 79.2 Å². The highest BCUT2D eigenvalue weighted by atomic mass is 28.3. The first-order valence-electron chi connectivity index (χ1n) is 20.4. The topological polar surface area (TPSA) is 121 Å². The van der Waals surface area contributed by atoms with Crippen LogP contribution in [0.3, 0.4) is 0 Å². The first-order valence-corrected chi connectivity index (χ1v) is 27.8. The van der Waals surface area contributed by atoms with E-state index in [2.05, 4.69) is 39.3 Å². The maximum absolute atomic E-state index is 14.2. The lowest BCUT2D eigenvalue weighted by Gasteiger charge is -2.40. The van der Waals surface area contributed by atoms with Crippen molar-refractivity contribution in [2.45, 2.75) is 121 Å². The Balaban J connectivity index is 1.47. The van der Waals surface area contributed by atoms with Crippen LogP contribution in [0.4, 0.5) is 10.6 Å². The predicted molar refractivity (Wildman–Crippen MR) is 230 cm³/mol. The number of carbonyl (C=O) groups excluding carboxylic acids is 2. The van der Waals surface area contributed by atoms with E-state index < -0.39 is 27.7 Å². The van der Waals surface area contributed by atoms with Gasteiger partial charge in [-0.05, 0) is 64.6 Å². The number of aromatic nitrogens is 4. The van der Waals surface area contributed by atoms with E-state index in [4.69, 9.17) is 34.0 Å². The van der Waals surface area contributed by atoms with Crippen LogP contribution < -0.4 is 4.90 Å². The van der Waals surface area contributed by atoms with E-state index in [1.54, 1.807) is 10.7 Å². The second-order valence-corrected chi connectivity index (χ2v) is 30.2. The summed E-state index contributed by atoms with van der Waals surface area (Å²) in [4.78, 5) is 41.8. The number of fused-ring (bicyclic) bond motifs is 3. The van der Waals surface area contributed by atoms with Gasteiger partial charge in [-0.3, -0.25) is 4.98 Å². The minimum Gasteiger partial charge on any atom is -0.465 e. The van der Waals surface area contributed by atoms with Crippen LogP contribution in [-0.2, 0) is 18.9 Å². The minimum atomic E-state index is -1.38. The molecule has 2 aliphatic rings. The number of carbonyl (C=O) groups is 2. The van der Waals surface area contributed by atoms with Crippen LogP contribution in [0, 0.1) is 0 Å². The van der Waals surface area contributed by atoms with Crippen molar-refractivity contribution in [2.75, 3.05) is 38.7 Å². The highest BCUT2D eigenvalue weighted by Crippen LogP contribution is 2.46. The molecule has 0 aliphatic carbocycles. The summed E-state index contributed by atoms with van der Waals surface area (Å²) in [6.07, 6.45) is 6.36. The molecule has 2 saturated heterocycles. The number of pyridine rings is 1. The Labute approximate surface area is 340 Å². The van der Waals surface area contributed by atoms with Gasteiger partial charge in [0.2, 0.25) is 0 Å². The van der Waals surface area contributed by atoms with Crippen molar-refractivity contribution >= 4 is 39.7 Å². The highest BCUT2D eigenvalue weighted by molar-refractivity contribution is 6.76. The van der Waals surface area contributed by atoms with E-state index in [0.717, 1.165) is 47.3 Å². The summed E-state index contributed by atoms with van der Waals surface area (Å²) in [7, 11) is -1.35. The molecular formula is C43H62N6O6Si2. The standard InChI is InChI=1S/C43H62N6O6Si2/c1-43(2,3)55-42(51)48-33-17-18-34(48)25-32(24-33)38-37(41(50)52-4)40(47(28-53-20-22-56(5,6)7)29-54-21-23-57(8,9)10)49-39(46-38)35(27-45-49)31-16-19-36(44-26-31)30-14-12-11-13-15-30/h11-16,19,26-27,32-34H,17-18,20-25,28-29H2,1-10H3/t32-,33+,34-.